The summed E-state index contributed by atoms with van der Waals surface area (Å²) in [5, 5.41) is 7.08. The molecule has 1 saturated carbocycles. The minimum Gasteiger partial charge on any atom is -0.356 e. The van der Waals surface area contributed by atoms with Crippen molar-refractivity contribution in [3.8, 4) is 0 Å². The van der Waals surface area contributed by atoms with Crippen LogP contribution >= 0.6 is 0 Å². The van der Waals surface area contributed by atoms with E-state index in [1.54, 1.807) is 0 Å². The molecule has 1 aliphatic carbocycles. The second kappa shape index (κ2) is 8.43. The molecule has 3 rings (SSSR count). The summed E-state index contributed by atoms with van der Waals surface area (Å²) in [6.45, 7) is 11.2. The van der Waals surface area contributed by atoms with Gasteiger partial charge in [0.1, 0.15) is 0 Å². The van der Waals surface area contributed by atoms with Crippen molar-refractivity contribution in [1.29, 1.82) is 0 Å². The van der Waals surface area contributed by atoms with E-state index >= 15 is 0 Å². The van der Waals surface area contributed by atoms with Crippen molar-refractivity contribution in [3.05, 3.63) is 35.4 Å². The molecule has 1 saturated heterocycles. The molecule has 0 bridgehead atoms. The van der Waals surface area contributed by atoms with Crippen LogP contribution in [0.1, 0.15) is 51.2 Å². The maximum absolute atomic E-state index is 4.42. The van der Waals surface area contributed by atoms with Crippen molar-refractivity contribution in [2.24, 2.45) is 10.9 Å². The largest absolute Gasteiger partial charge is 0.356 e. The van der Waals surface area contributed by atoms with E-state index < -0.39 is 0 Å². The van der Waals surface area contributed by atoms with E-state index in [2.05, 4.69) is 65.6 Å². The highest BCUT2D eigenvalue weighted by Gasteiger charge is 2.34. The SMILES string of the molecule is CCc1ccc(C(C)(C)CNC(=NC)NCC2CCN(C3CC3)C2)cc1. The molecule has 0 radical (unpaired) electrons. The molecule has 26 heavy (non-hydrogen) atoms. The zero-order valence-electron chi connectivity index (χ0n) is 17.0. The van der Waals surface area contributed by atoms with Gasteiger partial charge in [0.15, 0.2) is 5.96 Å². The molecule has 1 unspecified atom stereocenters. The molecule has 0 aromatic heterocycles. The molecular weight excluding hydrogens is 320 g/mol. The summed E-state index contributed by atoms with van der Waals surface area (Å²) in [7, 11) is 1.86. The summed E-state index contributed by atoms with van der Waals surface area (Å²) < 4.78 is 0. The van der Waals surface area contributed by atoms with Gasteiger partial charge in [0.05, 0.1) is 0 Å². The molecule has 1 aromatic rings. The Kier molecular flexibility index (Phi) is 6.23. The Bertz CT molecular complexity index is 601. The minimum absolute atomic E-state index is 0.0695. The van der Waals surface area contributed by atoms with Gasteiger partial charge in [-0.15, -0.1) is 0 Å². The first-order chi connectivity index (χ1) is 12.5. The van der Waals surface area contributed by atoms with Crippen molar-refractivity contribution in [3.63, 3.8) is 0 Å². The summed E-state index contributed by atoms with van der Waals surface area (Å²) in [5.74, 6) is 1.68. The highest BCUT2D eigenvalue weighted by atomic mass is 15.2. The molecule has 1 heterocycles. The van der Waals surface area contributed by atoms with Crippen LogP contribution < -0.4 is 10.6 Å². The van der Waals surface area contributed by atoms with E-state index in [9.17, 15) is 0 Å². The molecule has 2 aliphatic rings. The summed E-state index contributed by atoms with van der Waals surface area (Å²) >= 11 is 0. The average Bonchev–Trinajstić information content (AvgIpc) is 3.40. The van der Waals surface area contributed by atoms with Crippen molar-refractivity contribution in [2.45, 2.75) is 57.9 Å². The van der Waals surface area contributed by atoms with E-state index in [1.807, 2.05) is 7.05 Å². The molecule has 1 atom stereocenters. The number of likely N-dealkylation sites (tertiary alicyclic amines) is 1. The highest BCUT2D eigenvalue weighted by molar-refractivity contribution is 5.79. The lowest BCUT2D eigenvalue weighted by Crippen LogP contribution is -2.45. The van der Waals surface area contributed by atoms with Crippen molar-refractivity contribution >= 4 is 5.96 Å². The summed E-state index contributed by atoms with van der Waals surface area (Å²) in [5.41, 5.74) is 2.83. The molecule has 0 amide bonds. The first-order valence-electron chi connectivity index (χ1n) is 10.3. The predicted octanol–water partition coefficient (Wildman–Crippen LogP) is 3.18. The van der Waals surface area contributed by atoms with Crippen molar-refractivity contribution < 1.29 is 0 Å². The molecule has 144 valence electrons. The van der Waals surface area contributed by atoms with Gasteiger partial charge in [0.2, 0.25) is 0 Å². The molecular formula is C22H36N4. The summed E-state index contributed by atoms with van der Waals surface area (Å²) in [6, 6.07) is 9.92. The van der Waals surface area contributed by atoms with Crippen LogP contribution in [0.25, 0.3) is 0 Å². The fourth-order valence-corrected chi connectivity index (χ4v) is 3.86. The first kappa shape index (κ1) is 19.2. The average molecular weight is 357 g/mol. The van der Waals surface area contributed by atoms with Crippen LogP contribution in [0.5, 0.6) is 0 Å². The number of aliphatic imine (C=N–C) groups is 1. The van der Waals surface area contributed by atoms with Crippen LogP contribution in [0.4, 0.5) is 0 Å². The maximum Gasteiger partial charge on any atom is 0.191 e. The number of aryl methyl sites for hydroxylation is 1. The maximum atomic E-state index is 4.42. The third kappa shape index (κ3) is 5.00. The molecule has 2 N–H and O–H groups in total. The number of benzene rings is 1. The third-order valence-corrected chi connectivity index (χ3v) is 6.00. The van der Waals surface area contributed by atoms with Crippen LogP contribution in [0, 0.1) is 5.92 Å². The van der Waals surface area contributed by atoms with E-state index in [0.717, 1.165) is 37.4 Å². The van der Waals surface area contributed by atoms with Gasteiger partial charge in [-0.2, -0.15) is 0 Å². The van der Waals surface area contributed by atoms with Gasteiger partial charge in [0, 0.05) is 38.1 Å². The van der Waals surface area contributed by atoms with Crippen molar-refractivity contribution in [2.75, 3.05) is 33.2 Å². The quantitative estimate of drug-likeness (QED) is 0.582. The van der Waals surface area contributed by atoms with Crippen LogP contribution in [0.2, 0.25) is 0 Å². The van der Waals surface area contributed by atoms with Gasteiger partial charge in [0.25, 0.3) is 0 Å². The number of guanidine groups is 1. The zero-order valence-corrected chi connectivity index (χ0v) is 17.0. The molecule has 2 fully saturated rings. The monoisotopic (exact) mass is 356 g/mol. The third-order valence-electron chi connectivity index (χ3n) is 6.00. The van der Waals surface area contributed by atoms with Crippen LogP contribution in [0.15, 0.2) is 29.3 Å². The van der Waals surface area contributed by atoms with E-state index in [0.29, 0.717) is 0 Å². The molecule has 1 aliphatic heterocycles. The standard InChI is InChI=1S/C22H36N4/c1-5-17-6-8-19(9-7-17)22(2,3)16-25-21(23-4)24-14-18-12-13-26(15-18)20-10-11-20/h6-9,18,20H,5,10-16H2,1-4H3,(H2,23,24,25). The van der Waals surface area contributed by atoms with E-state index in [4.69, 9.17) is 0 Å². The van der Waals surface area contributed by atoms with Crippen molar-refractivity contribution in [1.82, 2.24) is 15.5 Å². The summed E-state index contributed by atoms with van der Waals surface area (Å²) in [6.07, 6.45) is 5.24. The Balaban J connectivity index is 1.45. The Labute approximate surface area is 159 Å². The molecule has 4 nitrogen and oxygen atoms in total. The Morgan fingerprint density at radius 2 is 1.88 bits per heavy atom. The Morgan fingerprint density at radius 1 is 1.15 bits per heavy atom. The number of rotatable bonds is 7. The fourth-order valence-electron chi connectivity index (χ4n) is 3.86. The topological polar surface area (TPSA) is 39.7 Å². The van der Waals surface area contributed by atoms with Gasteiger partial charge >= 0.3 is 0 Å². The second-order valence-corrected chi connectivity index (χ2v) is 8.62. The van der Waals surface area contributed by atoms with Gasteiger partial charge < -0.3 is 15.5 Å². The Hall–Kier alpha value is -1.55. The lowest BCUT2D eigenvalue weighted by molar-refractivity contribution is 0.314. The van der Waals surface area contributed by atoms with Crippen LogP contribution in [-0.4, -0.2) is 50.1 Å². The number of nitrogens with one attached hydrogen (secondary N) is 2. The lowest BCUT2D eigenvalue weighted by atomic mass is 9.84. The zero-order chi connectivity index (χ0) is 18.6. The molecule has 1 aromatic carbocycles. The second-order valence-electron chi connectivity index (χ2n) is 8.62. The van der Waals surface area contributed by atoms with Crippen LogP contribution in [-0.2, 0) is 11.8 Å². The molecule has 4 heteroatoms. The van der Waals surface area contributed by atoms with E-state index in [-0.39, 0.29) is 5.41 Å². The highest BCUT2D eigenvalue weighted by Crippen LogP contribution is 2.31. The van der Waals surface area contributed by atoms with Gasteiger partial charge in [-0.05, 0) is 49.3 Å². The first-order valence-corrected chi connectivity index (χ1v) is 10.3. The fraction of sp³-hybridized carbons (Fsp3) is 0.682. The minimum atomic E-state index is 0.0695. The van der Waals surface area contributed by atoms with Gasteiger partial charge in [-0.1, -0.05) is 45.0 Å². The smallest absolute Gasteiger partial charge is 0.191 e. The van der Waals surface area contributed by atoms with Gasteiger partial charge in [-0.3, -0.25) is 4.99 Å². The normalized spacial score (nSPS) is 21.8. The Morgan fingerprint density at radius 3 is 2.50 bits per heavy atom. The predicted molar refractivity (Wildman–Crippen MR) is 111 cm³/mol. The van der Waals surface area contributed by atoms with Gasteiger partial charge in [-0.25, -0.2) is 0 Å². The van der Waals surface area contributed by atoms with E-state index in [1.165, 1.54) is 43.5 Å². The number of nitrogens with zero attached hydrogens (tertiary/aromatic N) is 2. The number of hydrogen-bond donors (Lipinski definition) is 2. The number of hydrogen-bond acceptors (Lipinski definition) is 2. The lowest BCUT2D eigenvalue weighted by Gasteiger charge is -2.27. The molecule has 0 spiro atoms. The van der Waals surface area contributed by atoms with Crippen LogP contribution in [0.3, 0.4) is 0 Å². The summed E-state index contributed by atoms with van der Waals surface area (Å²) in [4.78, 5) is 7.09.